The molecular weight excluding hydrogens is 496 g/mol. The minimum atomic E-state index is -1.00. The Bertz CT molecular complexity index is 981. The summed E-state index contributed by atoms with van der Waals surface area (Å²) in [5.41, 5.74) is -0.511. The Hall–Kier alpha value is -3.63. The Morgan fingerprint density at radius 3 is 1.87 bits per heavy atom. The van der Waals surface area contributed by atoms with E-state index in [0.717, 1.165) is 0 Å². The van der Waals surface area contributed by atoms with Gasteiger partial charge in [-0.05, 0) is 63.8 Å². The van der Waals surface area contributed by atoms with Crippen molar-refractivity contribution in [1.29, 1.82) is 0 Å². The second-order valence-electron chi connectivity index (χ2n) is 10.6. The van der Waals surface area contributed by atoms with Crippen LogP contribution in [-0.2, 0) is 28.6 Å². The number of esters is 3. The molecule has 0 heterocycles. The highest BCUT2D eigenvalue weighted by Gasteiger charge is 2.33. The van der Waals surface area contributed by atoms with Gasteiger partial charge in [-0.25, -0.2) is 14.4 Å². The molecule has 1 rings (SSSR count). The Balaban J connectivity index is 2.72. The van der Waals surface area contributed by atoms with E-state index in [9.17, 15) is 24.0 Å². The van der Waals surface area contributed by atoms with Gasteiger partial charge in [-0.3, -0.25) is 9.59 Å². The lowest BCUT2D eigenvalue weighted by Gasteiger charge is -2.28. The Morgan fingerprint density at radius 2 is 1.39 bits per heavy atom. The molecule has 0 spiro atoms. The molecule has 0 saturated carbocycles. The van der Waals surface area contributed by atoms with Crippen molar-refractivity contribution >= 4 is 29.9 Å². The van der Waals surface area contributed by atoms with Gasteiger partial charge < -0.3 is 29.6 Å². The standard InChI is InChI=1S/C27H40N2O9/c1-15(2)21(29-26(34)38-27(7,8)9)23(31)28-22(16(3)4)25(33)36-17(5)14-35-24(32)19-10-12-20(13-11-19)37-18(6)30/h10-13,15-17,21-22H,14H2,1-9H3,(H,28,31)(H,29,34)/t17?,21-,22-/m0/s1. The summed E-state index contributed by atoms with van der Waals surface area (Å²) in [6.07, 6.45) is -1.54. The molecule has 0 fully saturated rings. The van der Waals surface area contributed by atoms with Crippen LogP contribution in [0.3, 0.4) is 0 Å². The molecule has 2 N–H and O–H groups in total. The first-order valence-corrected chi connectivity index (χ1v) is 12.5. The molecule has 11 nitrogen and oxygen atoms in total. The van der Waals surface area contributed by atoms with E-state index in [1.54, 1.807) is 55.4 Å². The molecule has 0 saturated heterocycles. The third-order valence-corrected chi connectivity index (χ3v) is 4.96. The summed E-state index contributed by atoms with van der Waals surface area (Å²) in [5.74, 6) is -2.71. The van der Waals surface area contributed by atoms with Crippen LogP contribution in [0.15, 0.2) is 24.3 Å². The van der Waals surface area contributed by atoms with Gasteiger partial charge in [0.15, 0.2) is 0 Å². The average molecular weight is 537 g/mol. The lowest BCUT2D eigenvalue weighted by atomic mass is 10.0. The zero-order valence-corrected chi connectivity index (χ0v) is 23.6. The molecule has 3 atom stereocenters. The number of hydrogen-bond donors (Lipinski definition) is 2. The van der Waals surface area contributed by atoms with Crippen molar-refractivity contribution in [3.05, 3.63) is 29.8 Å². The molecule has 0 bridgehead atoms. The van der Waals surface area contributed by atoms with Crippen LogP contribution < -0.4 is 15.4 Å². The number of nitrogens with one attached hydrogen (secondary N) is 2. The zero-order valence-electron chi connectivity index (χ0n) is 23.6. The van der Waals surface area contributed by atoms with Gasteiger partial charge in [0, 0.05) is 6.92 Å². The van der Waals surface area contributed by atoms with Crippen LogP contribution in [-0.4, -0.2) is 60.3 Å². The van der Waals surface area contributed by atoms with Gasteiger partial charge in [0.1, 0.15) is 36.1 Å². The highest BCUT2D eigenvalue weighted by molar-refractivity contribution is 5.90. The number of ether oxygens (including phenoxy) is 4. The van der Waals surface area contributed by atoms with E-state index < -0.39 is 53.7 Å². The predicted octanol–water partition coefficient (Wildman–Crippen LogP) is 3.39. The first-order chi connectivity index (χ1) is 17.5. The van der Waals surface area contributed by atoms with E-state index in [0.29, 0.717) is 5.75 Å². The summed E-state index contributed by atoms with van der Waals surface area (Å²) < 4.78 is 20.8. The number of carbonyl (C=O) groups excluding carboxylic acids is 5. The minimum Gasteiger partial charge on any atom is -0.458 e. The second-order valence-corrected chi connectivity index (χ2v) is 10.6. The molecular formula is C27H40N2O9. The van der Waals surface area contributed by atoms with Crippen molar-refractivity contribution < 1.29 is 42.9 Å². The number of hydrogen-bond acceptors (Lipinski definition) is 9. The van der Waals surface area contributed by atoms with E-state index in [-0.39, 0.29) is 24.0 Å². The Kier molecular flexibility index (Phi) is 12.2. The fourth-order valence-corrected chi connectivity index (χ4v) is 3.12. The summed E-state index contributed by atoms with van der Waals surface area (Å²) >= 11 is 0. The largest absolute Gasteiger partial charge is 0.458 e. The molecule has 1 aromatic carbocycles. The van der Waals surface area contributed by atoms with Crippen molar-refractivity contribution in [2.45, 2.75) is 86.1 Å². The molecule has 0 aliphatic heterocycles. The smallest absolute Gasteiger partial charge is 0.408 e. The van der Waals surface area contributed by atoms with Crippen LogP contribution in [0, 0.1) is 11.8 Å². The van der Waals surface area contributed by atoms with E-state index >= 15 is 0 Å². The molecule has 0 aliphatic rings. The quantitative estimate of drug-likeness (QED) is 0.247. The van der Waals surface area contributed by atoms with Crippen LogP contribution >= 0.6 is 0 Å². The number of rotatable bonds is 11. The third-order valence-electron chi connectivity index (χ3n) is 4.96. The molecule has 11 heteroatoms. The zero-order chi connectivity index (χ0) is 29.2. The molecule has 38 heavy (non-hydrogen) atoms. The van der Waals surface area contributed by atoms with Crippen LogP contribution in [0.25, 0.3) is 0 Å². The summed E-state index contributed by atoms with van der Waals surface area (Å²) in [5, 5.41) is 5.20. The molecule has 1 aromatic rings. The van der Waals surface area contributed by atoms with Crippen molar-refractivity contribution in [3.8, 4) is 5.75 Å². The molecule has 1 unspecified atom stereocenters. The summed E-state index contributed by atoms with van der Waals surface area (Å²) in [7, 11) is 0. The third kappa shape index (κ3) is 11.6. The first-order valence-electron chi connectivity index (χ1n) is 12.5. The topological polar surface area (TPSA) is 146 Å². The van der Waals surface area contributed by atoms with Gasteiger partial charge in [0.25, 0.3) is 0 Å². The lowest BCUT2D eigenvalue weighted by molar-refractivity contribution is -0.155. The van der Waals surface area contributed by atoms with E-state index in [1.807, 2.05) is 0 Å². The first kappa shape index (κ1) is 32.4. The van der Waals surface area contributed by atoms with Gasteiger partial charge in [-0.15, -0.1) is 0 Å². The van der Waals surface area contributed by atoms with Gasteiger partial charge in [0.2, 0.25) is 5.91 Å². The van der Waals surface area contributed by atoms with Crippen LogP contribution in [0.1, 0.15) is 72.7 Å². The second kappa shape index (κ2) is 14.3. The van der Waals surface area contributed by atoms with Crippen molar-refractivity contribution in [3.63, 3.8) is 0 Å². The molecule has 0 radical (unpaired) electrons. The Morgan fingerprint density at radius 1 is 0.842 bits per heavy atom. The van der Waals surface area contributed by atoms with Gasteiger partial charge in [-0.2, -0.15) is 0 Å². The highest BCUT2D eigenvalue weighted by Crippen LogP contribution is 2.14. The van der Waals surface area contributed by atoms with Crippen LogP contribution in [0.2, 0.25) is 0 Å². The van der Waals surface area contributed by atoms with Gasteiger partial charge >= 0.3 is 24.0 Å². The number of amides is 2. The van der Waals surface area contributed by atoms with Crippen molar-refractivity contribution in [2.24, 2.45) is 11.8 Å². The van der Waals surface area contributed by atoms with Crippen molar-refractivity contribution in [2.75, 3.05) is 6.61 Å². The maximum absolute atomic E-state index is 13.0. The highest BCUT2D eigenvalue weighted by atomic mass is 16.6. The average Bonchev–Trinajstić information content (AvgIpc) is 2.77. The van der Waals surface area contributed by atoms with E-state index in [2.05, 4.69) is 10.6 Å². The lowest BCUT2D eigenvalue weighted by Crippen LogP contribution is -2.56. The van der Waals surface area contributed by atoms with Gasteiger partial charge in [0.05, 0.1) is 5.56 Å². The monoisotopic (exact) mass is 536 g/mol. The summed E-state index contributed by atoms with van der Waals surface area (Å²) in [4.78, 5) is 61.3. The fourth-order valence-electron chi connectivity index (χ4n) is 3.12. The maximum atomic E-state index is 13.0. The molecule has 0 aromatic heterocycles. The van der Waals surface area contributed by atoms with E-state index in [1.165, 1.54) is 31.2 Å². The fraction of sp³-hybridized carbons (Fsp3) is 0.593. The maximum Gasteiger partial charge on any atom is 0.408 e. The van der Waals surface area contributed by atoms with Crippen molar-refractivity contribution in [1.82, 2.24) is 10.6 Å². The van der Waals surface area contributed by atoms with Crippen LogP contribution in [0.5, 0.6) is 5.75 Å². The minimum absolute atomic E-state index is 0.218. The number of carbonyl (C=O) groups is 5. The summed E-state index contributed by atoms with van der Waals surface area (Å²) in [6, 6.07) is 3.86. The van der Waals surface area contributed by atoms with Crippen LogP contribution in [0.4, 0.5) is 4.79 Å². The van der Waals surface area contributed by atoms with E-state index in [4.69, 9.17) is 18.9 Å². The number of alkyl carbamates (subject to hydrolysis) is 1. The normalized spacial score (nSPS) is 13.7. The summed E-state index contributed by atoms with van der Waals surface area (Å²) in [6.45, 7) is 14.7. The molecule has 212 valence electrons. The van der Waals surface area contributed by atoms with Gasteiger partial charge in [-0.1, -0.05) is 27.7 Å². The molecule has 2 amide bonds. The number of benzene rings is 1. The predicted molar refractivity (Wildman–Crippen MR) is 138 cm³/mol. The SMILES string of the molecule is CC(=O)Oc1ccc(C(=O)OCC(C)OC(=O)[C@@H](NC(=O)[C@@H](NC(=O)OC(C)(C)C)C(C)C)C(C)C)cc1. The molecule has 0 aliphatic carbocycles. The Labute approximate surface area is 223 Å².